The zero-order valence-electron chi connectivity index (χ0n) is 13.1. The van der Waals surface area contributed by atoms with E-state index in [0.717, 1.165) is 17.4 Å². The molecule has 0 aromatic heterocycles. The van der Waals surface area contributed by atoms with E-state index in [1.807, 2.05) is 6.92 Å². The molecule has 1 aliphatic carbocycles. The van der Waals surface area contributed by atoms with Gasteiger partial charge in [-0.25, -0.2) is 0 Å². The van der Waals surface area contributed by atoms with Crippen LogP contribution in [0.4, 0.5) is 0 Å². The predicted molar refractivity (Wildman–Crippen MR) is 78.3 cm³/mol. The van der Waals surface area contributed by atoms with Gasteiger partial charge < -0.3 is 24.1 Å². The summed E-state index contributed by atoms with van der Waals surface area (Å²) in [6, 6.07) is 0. The molecule has 0 bridgehead atoms. The van der Waals surface area contributed by atoms with Gasteiger partial charge in [-0.1, -0.05) is 6.92 Å². The quantitative estimate of drug-likeness (QED) is 0.862. The Kier molecular flexibility index (Phi) is 4.14. The zero-order valence-corrected chi connectivity index (χ0v) is 13.1. The second-order valence-electron chi connectivity index (χ2n) is 5.64. The van der Waals surface area contributed by atoms with Crippen LogP contribution in [0.2, 0.25) is 0 Å². The molecule has 0 heterocycles. The van der Waals surface area contributed by atoms with Crippen molar-refractivity contribution in [1.29, 1.82) is 0 Å². The highest BCUT2D eigenvalue weighted by atomic mass is 16.5. The normalized spacial score (nSPS) is 24.2. The molecular formula is C16H22O5. The van der Waals surface area contributed by atoms with E-state index in [1.165, 1.54) is 0 Å². The van der Waals surface area contributed by atoms with Crippen LogP contribution in [0.3, 0.4) is 0 Å². The van der Waals surface area contributed by atoms with Crippen molar-refractivity contribution < 1.29 is 24.1 Å². The minimum Gasteiger partial charge on any atom is -0.496 e. The summed E-state index contributed by atoms with van der Waals surface area (Å²) < 4.78 is 16.4. The van der Waals surface area contributed by atoms with Crippen LogP contribution in [0.25, 0.3) is 0 Å². The molecule has 0 saturated carbocycles. The Morgan fingerprint density at radius 3 is 2.19 bits per heavy atom. The van der Waals surface area contributed by atoms with Gasteiger partial charge in [0.25, 0.3) is 0 Å². The fourth-order valence-electron chi connectivity index (χ4n) is 3.12. The van der Waals surface area contributed by atoms with E-state index in [9.17, 15) is 9.90 Å². The molecule has 0 radical (unpaired) electrons. The molecule has 116 valence electrons. The number of hydrogen-bond donors (Lipinski definition) is 1. The Morgan fingerprint density at radius 1 is 1.14 bits per heavy atom. The van der Waals surface area contributed by atoms with Gasteiger partial charge in [-0.2, -0.15) is 0 Å². The first-order chi connectivity index (χ1) is 9.95. The summed E-state index contributed by atoms with van der Waals surface area (Å²) in [6.07, 6.45) is 1.08. The lowest BCUT2D eigenvalue weighted by atomic mass is 9.70. The summed E-state index contributed by atoms with van der Waals surface area (Å²) in [6.45, 7) is 3.61. The van der Waals surface area contributed by atoms with Crippen molar-refractivity contribution in [3.8, 4) is 17.2 Å². The van der Waals surface area contributed by atoms with E-state index >= 15 is 0 Å². The lowest BCUT2D eigenvalue weighted by Crippen LogP contribution is -2.33. The third-order valence-electron chi connectivity index (χ3n) is 4.42. The second kappa shape index (κ2) is 5.56. The van der Waals surface area contributed by atoms with Crippen LogP contribution < -0.4 is 14.2 Å². The smallest absolute Gasteiger partial charge is 0.167 e. The summed E-state index contributed by atoms with van der Waals surface area (Å²) in [5.41, 5.74) is 1.42. The van der Waals surface area contributed by atoms with Crippen LogP contribution in [-0.2, 0) is 11.2 Å². The van der Waals surface area contributed by atoms with Crippen LogP contribution in [0, 0.1) is 12.3 Å². The predicted octanol–water partition coefficient (Wildman–Crippen LogP) is 2.21. The Labute approximate surface area is 124 Å². The molecule has 0 aliphatic heterocycles. The third-order valence-corrected chi connectivity index (χ3v) is 4.42. The molecule has 2 rings (SSSR count). The Hall–Kier alpha value is -1.75. The Balaban J connectivity index is 2.79. The highest BCUT2D eigenvalue weighted by Gasteiger charge is 2.43. The lowest BCUT2D eigenvalue weighted by molar-refractivity contribution is -0.123. The van der Waals surface area contributed by atoms with Crippen LogP contribution in [0.15, 0.2) is 0 Å². The standard InChI is InChI=1S/C16H22O5/c1-9-12(19-3)11-10(14(21-5)13(9)20-4)6-7-16(2,8-17)15(11)18/h8,15,18H,6-7H2,1-5H3/t15-,16-/m0/s1. The number of carbonyl (C=O) groups excluding carboxylic acids is 1. The van der Waals surface area contributed by atoms with E-state index in [0.29, 0.717) is 35.7 Å². The maximum absolute atomic E-state index is 11.4. The molecule has 0 spiro atoms. The minimum absolute atomic E-state index is 0.552. The largest absolute Gasteiger partial charge is 0.496 e. The Morgan fingerprint density at radius 2 is 1.71 bits per heavy atom. The van der Waals surface area contributed by atoms with Gasteiger partial charge in [0, 0.05) is 16.7 Å². The van der Waals surface area contributed by atoms with Crippen LogP contribution >= 0.6 is 0 Å². The molecule has 0 unspecified atom stereocenters. The molecule has 0 saturated heterocycles. The van der Waals surface area contributed by atoms with Crippen molar-refractivity contribution in [2.45, 2.75) is 32.8 Å². The first kappa shape index (κ1) is 15.6. The number of fused-ring (bicyclic) bond motifs is 1. The van der Waals surface area contributed by atoms with Crippen molar-refractivity contribution in [3.63, 3.8) is 0 Å². The number of methoxy groups -OCH3 is 3. The molecule has 1 aliphatic rings. The second-order valence-corrected chi connectivity index (χ2v) is 5.64. The average Bonchev–Trinajstić information content (AvgIpc) is 2.50. The maximum atomic E-state index is 11.4. The van der Waals surface area contributed by atoms with Crippen LogP contribution in [0.5, 0.6) is 17.2 Å². The number of hydrogen-bond acceptors (Lipinski definition) is 5. The maximum Gasteiger partial charge on any atom is 0.167 e. The van der Waals surface area contributed by atoms with Crippen LogP contribution in [-0.4, -0.2) is 32.7 Å². The van der Waals surface area contributed by atoms with Gasteiger partial charge in [0.1, 0.15) is 12.0 Å². The summed E-state index contributed by atoms with van der Waals surface area (Å²) in [7, 11) is 4.70. The monoisotopic (exact) mass is 294 g/mol. The molecular weight excluding hydrogens is 272 g/mol. The highest BCUT2D eigenvalue weighted by Crippen LogP contribution is 2.53. The minimum atomic E-state index is -0.924. The molecule has 21 heavy (non-hydrogen) atoms. The molecule has 5 nitrogen and oxygen atoms in total. The highest BCUT2D eigenvalue weighted by molar-refractivity contribution is 5.69. The molecule has 1 N–H and O–H groups in total. The van der Waals surface area contributed by atoms with Crippen molar-refractivity contribution in [3.05, 3.63) is 16.7 Å². The molecule has 0 amide bonds. The summed E-state index contributed by atoms with van der Waals surface area (Å²) in [5, 5.41) is 10.7. The number of aliphatic hydroxyl groups is 1. The Bertz CT molecular complexity index is 567. The van der Waals surface area contributed by atoms with Crippen LogP contribution in [0.1, 0.15) is 36.1 Å². The van der Waals surface area contributed by atoms with E-state index in [2.05, 4.69) is 0 Å². The summed E-state index contributed by atoms with van der Waals surface area (Å²) in [4.78, 5) is 11.4. The van der Waals surface area contributed by atoms with Crippen molar-refractivity contribution in [2.24, 2.45) is 5.41 Å². The van der Waals surface area contributed by atoms with Crippen molar-refractivity contribution in [1.82, 2.24) is 0 Å². The van der Waals surface area contributed by atoms with E-state index in [4.69, 9.17) is 14.2 Å². The third kappa shape index (κ3) is 2.16. The topological polar surface area (TPSA) is 65.0 Å². The van der Waals surface area contributed by atoms with E-state index in [1.54, 1.807) is 28.3 Å². The first-order valence-electron chi connectivity index (χ1n) is 6.90. The number of rotatable bonds is 4. The van der Waals surface area contributed by atoms with Gasteiger partial charge in [0.15, 0.2) is 11.5 Å². The van der Waals surface area contributed by atoms with Gasteiger partial charge in [-0.15, -0.1) is 0 Å². The molecule has 5 heteroatoms. The number of carbonyl (C=O) groups is 1. The fraction of sp³-hybridized carbons (Fsp3) is 0.562. The molecule has 1 aromatic rings. The number of benzene rings is 1. The van der Waals surface area contributed by atoms with E-state index < -0.39 is 11.5 Å². The molecule has 2 atom stereocenters. The SMILES string of the molecule is COc1c(C)c(OC)c2c(c1OC)CC[C@@](C)(C=O)[C@H]2O. The van der Waals surface area contributed by atoms with E-state index in [-0.39, 0.29) is 0 Å². The average molecular weight is 294 g/mol. The fourth-order valence-corrected chi connectivity index (χ4v) is 3.12. The van der Waals surface area contributed by atoms with Gasteiger partial charge in [0.05, 0.1) is 32.8 Å². The van der Waals surface area contributed by atoms with Crippen molar-refractivity contribution >= 4 is 6.29 Å². The van der Waals surface area contributed by atoms with Gasteiger partial charge in [-0.3, -0.25) is 0 Å². The number of aldehydes is 1. The van der Waals surface area contributed by atoms with Gasteiger partial charge >= 0.3 is 0 Å². The summed E-state index contributed by atoms with van der Waals surface area (Å²) in [5.74, 6) is 1.77. The first-order valence-corrected chi connectivity index (χ1v) is 6.90. The molecule has 1 aromatic carbocycles. The summed E-state index contributed by atoms with van der Waals surface area (Å²) >= 11 is 0. The molecule has 0 fully saturated rings. The van der Waals surface area contributed by atoms with Crippen molar-refractivity contribution in [2.75, 3.05) is 21.3 Å². The van der Waals surface area contributed by atoms with Gasteiger partial charge in [0.2, 0.25) is 0 Å². The number of aliphatic hydroxyl groups excluding tert-OH is 1. The number of ether oxygens (including phenoxy) is 3. The lowest BCUT2D eigenvalue weighted by Gasteiger charge is -2.37. The zero-order chi connectivity index (χ0) is 15.8. The van der Waals surface area contributed by atoms with Gasteiger partial charge in [-0.05, 0) is 19.8 Å².